The van der Waals surface area contributed by atoms with Crippen molar-refractivity contribution in [3.63, 3.8) is 0 Å². The molecule has 1 aromatic carbocycles. The minimum atomic E-state index is 0.126. The number of benzene rings is 1. The molecule has 1 atom stereocenters. The van der Waals surface area contributed by atoms with Gasteiger partial charge in [0.1, 0.15) is 0 Å². The summed E-state index contributed by atoms with van der Waals surface area (Å²) >= 11 is 0. The minimum absolute atomic E-state index is 0.126. The molecule has 2 aromatic rings. The zero-order chi connectivity index (χ0) is 17.5. The summed E-state index contributed by atoms with van der Waals surface area (Å²) in [6.07, 6.45) is 5.51. The summed E-state index contributed by atoms with van der Waals surface area (Å²) in [6, 6.07) is 14.3. The first-order chi connectivity index (χ1) is 12.2. The highest BCUT2D eigenvalue weighted by atomic mass is 16.2. The van der Waals surface area contributed by atoms with E-state index in [0.717, 1.165) is 51.1 Å². The van der Waals surface area contributed by atoms with E-state index in [4.69, 9.17) is 0 Å². The Balaban J connectivity index is 1.50. The lowest BCUT2D eigenvalue weighted by Crippen LogP contribution is -2.36. The lowest BCUT2D eigenvalue weighted by Gasteiger charge is -2.24. The Labute approximate surface area is 150 Å². The Bertz CT molecular complexity index is 659. The van der Waals surface area contributed by atoms with E-state index in [2.05, 4.69) is 47.1 Å². The molecule has 1 amide bonds. The quantitative estimate of drug-likeness (QED) is 0.841. The van der Waals surface area contributed by atoms with Crippen LogP contribution >= 0.6 is 0 Å². The van der Waals surface area contributed by atoms with Crippen LogP contribution in [0.1, 0.15) is 29.3 Å². The first kappa shape index (κ1) is 17.6. The molecule has 1 aliphatic rings. The topological polar surface area (TPSA) is 36.4 Å². The van der Waals surface area contributed by atoms with E-state index in [1.165, 1.54) is 5.56 Å². The van der Waals surface area contributed by atoms with Gasteiger partial charge in [0.25, 0.3) is 5.91 Å². The second-order valence-corrected chi connectivity index (χ2v) is 6.98. The maximum absolute atomic E-state index is 12.6. The van der Waals surface area contributed by atoms with Gasteiger partial charge in [-0.2, -0.15) is 0 Å². The third-order valence-corrected chi connectivity index (χ3v) is 4.80. The average molecular weight is 337 g/mol. The lowest BCUT2D eigenvalue weighted by atomic mass is 10.0. The van der Waals surface area contributed by atoms with Crippen LogP contribution in [0, 0.1) is 5.92 Å². The molecule has 0 aliphatic carbocycles. The number of pyridine rings is 1. The number of nitrogens with zero attached hydrogens (tertiary/aromatic N) is 3. The third kappa shape index (κ3) is 5.13. The number of carbonyl (C=O) groups is 1. The smallest absolute Gasteiger partial charge is 0.254 e. The zero-order valence-electron chi connectivity index (χ0n) is 15.0. The lowest BCUT2D eigenvalue weighted by molar-refractivity contribution is 0.0760. The van der Waals surface area contributed by atoms with E-state index in [1.54, 1.807) is 24.5 Å². The third-order valence-electron chi connectivity index (χ3n) is 4.80. The summed E-state index contributed by atoms with van der Waals surface area (Å²) in [6.45, 7) is 7.07. The predicted octanol–water partition coefficient (Wildman–Crippen LogP) is 3.11. The van der Waals surface area contributed by atoms with Gasteiger partial charge in [-0.1, -0.05) is 37.3 Å². The van der Waals surface area contributed by atoms with E-state index in [9.17, 15) is 4.79 Å². The predicted molar refractivity (Wildman–Crippen MR) is 101 cm³/mol. The van der Waals surface area contributed by atoms with E-state index in [-0.39, 0.29) is 5.91 Å². The summed E-state index contributed by atoms with van der Waals surface area (Å²) < 4.78 is 0. The largest absolute Gasteiger partial charge is 0.337 e. The molecular weight excluding hydrogens is 310 g/mol. The fourth-order valence-electron chi connectivity index (χ4n) is 3.56. The van der Waals surface area contributed by atoms with Gasteiger partial charge in [-0.25, -0.2) is 0 Å². The van der Waals surface area contributed by atoms with Gasteiger partial charge in [-0.05, 0) is 43.0 Å². The van der Waals surface area contributed by atoms with Crippen molar-refractivity contribution in [1.29, 1.82) is 0 Å². The van der Waals surface area contributed by atoms with Crippen LogP contribution in [0.15, 0.2) is 54.9 Å². The van der Waals surface area contributed by atoms with Crippen LogP contribution in [0.5, 0.6) is 0 Å². The Morgan fingerprint density at radius 1 is 1.04 bits per heavy atom. The molecule has 1 fully saturated rings. The zero-order valence-corrected chi connectivity index (χ0v) is 15.0. The first-order valence-corrected chi connectivity index (χ1v) is 9.18. The van der Waals surface area contributed by atoms with Crippen LogP contribution in [0.25, 0.3) is 0 Å². The van der Waals surface area contributed by atoms with Crippen molar-refractivity contribution in [3.8, 4) is 0 Å². The molecule has 1 saturated heterocycles. The fourth-order valence-corrected chi connectivity index (χ4v) is 3.56. The summed E-state index contributed by atoms with van der Waals surface area (Å²) in [5.74, 6) is 0.742. The highest BCUT2D eigenvalue weighted by molar-refractivity contribution is 5.94. The van der Waals surface area contributed by atoms with Crippen molar-refractivity contribution < 1.29 is 4.79 Å². The van der Waals surface area contributed by atoms with Gasteiger partial charge in [0.2, 0.25) is 0 Å². The Kier molecular flexibility index (Phi) is 6.18. The maximum atomic E-state index is 12.6. The van der Waals surface area contributed by atoms with Crippen LogP contribution < -0.4 is 0 Å². The van der Waals surface area contributed by atoms with Crippen molar-refractivity contribution in [1.82, 2.24) is 14.8 Å². The van der Waals surface area contributed by atoms with E-state index < -0.39 is 0 Å². The van der Waals surface area contributed by atoms with Gasteiger partial charge in [0.15, 0.2) is 0 Å². The summed E-state index contributed by atoms with van der Waals surface area (Å²) in [7, 11) is 0. The molecule has 0 saturated carbocycles. The van der Waals surface area contributed by atoms with Gasteiger partial charge in [-0.3, -0.25) is 9.78 Å². The molecule has 3 rings (SSSR count). The van der Waals surface area contributed by atoms with Crippen molar-refractivity contribution >= 4 is 5.91 Å². The summed E-state index contributed by atoms with van der Waals surface area (Å²) in [4.78, 5) is 21.1. The number of amides is 1. The molecule has 25 heavy (non-hydrogen) atoms. The monoisotopic (exact) mass is 337 g/mol. The Morgan fingerprint density at radius 3 is 2.56 bits per heavy atom. The number of aromatic nitrogens is 1. The highest BCUT2D eigenvalue weighted by Gasteiger charge is 2.21. The minimum Gasteiger partial charge on any atom is -0.337 e. The van der Waals surface area contributed by atoms with E-state index >= 15 is 0 Å². The van der Waals surface area contributed by atoms with Gasteiger partial charge in [0.05, 0.1) is 0 Å². The molecule has 0 unspecified atom stereocenters. The van der Waals surface area contributed by atoms with E-state index in [1.807, 2.05) is 4.90 Å². The van der Waals surface area contributed by atoms with Gasteiger partial charge in [-0.15, -0.1) is 0 Å². The Hall–Kier alpha value is -2.20. The van der Waals surface area contributed by atoms with Gasteiger partial charge < -0.3 is 9.80 Å². The second kappa shape index (κ2) is 8.77. The molecule has 2 heterocycles. The van der Waals surface area contributed by atoms with Gasteiger partial charge >= 0.3 is 0 Å². The molecule has 0 spiro atoms. The van der Waals surface area contributed by atoms with Crippen LogP contribution in [0.3, 0.4) is 0 Å². The molecule has 0 bridgehead atoms. The summed E-state index contributed by atoms with van der Waals surface area (Å²) in [5.41, 5.74) is 2.14. The van der Waals surface area contributed by atoms with Gasteiger partial charge in [0, 0.05) is 44.1 Å². The molecule has 0 radical (unpaired) electrons. The van der Waals surface area contributed by atoms with Crippen LogP contribution in [0.2, 0.25) is 0 Å². The van der Waals surface area contributed by atoms with Crippen molar-refractivity contribution in [2.45, 2.75) is 19.8 Å². The van der Waals surface area contributed by atoms with Crippen molar-refractivity contribution in [3.05, 3.63) is 66.0 Å². The number of hydrogen-bond acceptors (Lipinski definition) is 3. The van der Waals surface area contributed by atoms with Crippen molar-refractivity contribution in [2.24, 2.45) is 5.92 Å². The van der Waals surface area contributed by atoms with Crippen LogP contribution in [-0.4, -0.2) is 53.4 Å². The maximum Gasteiger partial charge on any atom is 0.254 e. The Morgan fingerprint density at radius 2 is 1.80 bits per heavy atom. The van der Waals surface area contributed by atoms with Crippen LogP contribution in [-0.2, 0) is 6.42 Å². The first-order valence-electron chi connectivity index (χ1n) is 9.18. The number of rotatable bonds is 5. The SMILES string of the molecule is C[C@H](Cc1ccccc1)CN1CCCN(C(=O)c2ccncc2)CC1. The molecule has 4 heteroatoms. The number of carbonyl (C=O) groups excluding carboxylic acids is 1. The average Bonchev–Trinajstić information content (AvgIpc) is 2.88. The fraction of sp³-hybridized carbons (Fsp3) is 0.429. The molecule has 1 aromatic heterocycles. The van der Waals surface area contributed by atoms with Crippen LogP contribution in [0.4, 0.5) is 0 Å². The number of hydrogen-bond donors (Lipinski definition) is 0. The van der Waals surface area contributed by atoms with Crippen molar-refractivity contribution in [2.75, 3.05) is 32.7 Å². The normalized spacial score (nSPS) is 17.1. The second-order valence-electron chi connectivity index (χ2n) is 6.98. The molecule has 4 nitrogen and oxygen atoms in total. The molecular formula is C21H27N3O. The standard InChI is InChI=1S/C21H27N3O/c1-18(16-19-6-3-2-4-7-19)17-23-12-5-13-24(15-14-23)21(25)20-8-10-22-11-9-20/h2-4,6-11,18H,5,12-17H2,1H3/t18-/m1/s1. The highest BCUT2D eigenvalue weighted by Crippen LogP contribution is 2.13. The van der Waals surface area contributed by atoms with E-state index in [0.29, 0.717) is 5.92 Å². The molecule has 1 aliphatic heterocycles. The molecule has 0 N–H and O–H groups in total. The summed E-state index contributed by atoms with van der Waals surface area (Å²) in [5, 5.41) is 0. The molecule has 132 valence electrons.